The zero-order chi connectivity index (χ0) is 38.0. The predicted octanol–water partition coefficient (Wildman–Crippen LogP) is 6.18. The number of carbonyl (C=O) groups is 3. The highest BCUT2D eigenvalue weighted by Crippen LogP contribution is 2.36. The molecule has 53 heavy (non-hydrogen) atoms. The van der Waals surface area contributed by atoms with Crippen molar-refractivity contribution in [2.45, 2.75) is 71.2 Å². The Morgan fingerprint density at radius 3 is 2.34 bits per heavy atom. The lowest BCUT2D eigenvalue weighted by Gasteiger charge is -2.36. The summed E-state index contributed by atoms with van der Waals surface area (Å²) in [4.78, 5) is 53.6. The standard InChI is InChI=1S/C39H45ClF3N5O5/c1-23-24(2)38(52)46(3)21-30(23)27-4-5-28(35(19-27)53-39(41,42)43)18-25-10-14-47(15-11-25)22-34(49)26-12-16-48(17-13-26)33-8-6-29(20-31(33)40)44-32-7-9-36(50)45-37(32)51/h4-6,8,19-21,25-26,32,44H,7,9-18,22H2,1-3H3,(H,45,50,51). The largest absolute Gasteiger partial charge is 0.573 e. The zero-order valence-electron chi connectivity index (χ0n) is 30.2. The van der Waals surface area contributed by atoms with Crippen LogP contribution in [0.2, 0.25) is 5.02 Å². The maximum Gasteiger partial charge on any atom is 0.573 e. The molecule has 6 rings (SSSR count). The zero-order valence-corrected chi connectivity index (χ0v) is 30.9. The number of aryl methyl sites for hydroxylation is 1. The number of nitrogens with one attached hydrogen (secondary N) is 2. The first kappa shape index (κ1) is 38.4. The maximum atomic E-state index is 13.5. The Hall–Kier alpha value is -4.36. The number of anilines is 2. The lowest BCUT2D eigenvalue weighted by atomic mass is 9.88. The van der Waals surface area contributed by atoms with Crippen molar-refractivity contribution < 1.29 is 32.3 Å². The van der Waals surface area contributed by atoms with Crippen molar-refractivity contribution in [2.75, 3.05) is 42.9 Å². The van der Waals surface area contributed by atoms with Gasteiger partial charge in [-0.05, 0) is 112 Å². The molecule has 3 aliphatic rings. The van der Waals surface area contributed by atoms with Crippen LogP contribution in [0.4, 0.5) is 24.5 Å². The van der Waals surface area contributed by atoms with E-state index in [-0.39, 0.29) is 47.2 Å². The second-order valence-electron chi connectivity index (χ2n) is 14.5. The van der Waals surface area contributed by atoms with Gasteiger partial charge in [0.05, 0.1) is 17.3 Å². The number of pyridine rings is 1. The number of piperidine rings is 3. The van der Waals surface area contributed by atoms with Crippen molar-refractivity contribution >= 4 is 40.6 Å². The number of imide groups is 1. The summed E-state index contributed by atoms with van der Waals surface area (Å²) in [6.45, 7) is 6.59. The Morgan fingerprint density at radius 2 is 1.68 bits per heavy atom. The summed E-state index contributed by atoms with van der Waals surface area (Å²) >= 11 is 6.64. The van der Waals surface area contributed by atoms with E-state index < -0.39 is 12.4 Å². The van der Waals surface area contributed by atoms with Crippen molar-refractivity contribution in [2.24, 2.45) is 18.9 Å². The summed E-state index contributed by atoms with van der Waals surface area (Å²) in [6.07, 6.45) is 0.831. The number of hydrogen-bond acceptors (Lipinski definition) is 8. The third-order valence-corrected chi connectivity index (χ3v) is 11.3. The summed E-state index contributed by atoms with van der Waals surface area (Å²) in [6, 6.07) is 9.94. The number of carbonyl (C=O) groups excluding carboxylic acids is 3. The lowest BCUT2D eigenvalue weighted by molar-refractivity contribution is -0.274. The molecule has 2 amide bonds. The van der Waals surface area contributed by atoms with E-state index in [0.717, 1.165) is 18.5 Å². The number of aromatic nitrogens is 1. The van der Waals surface area contributed by atoms with Crippen molar-refractivity contribution in [1.29, 1.82) is 0 Å². The number of ether oxygens (including phenoxy) is 1. The van der Waals surface area contributed by atoms with Gasteiger partial charge in [0.15, 0.2) is 0 Å². The molecule has 1 atom stereocenters. The average Bonchev–Trinajstić information content (AvgIpc) is 3.11. The Kier molecular flexibility index (Phi) is 11.5. The second-order valence-corrected chi connectivity index (χ2v) is 15.0. The molecule has 0 bridgehead atoms. The topological polar surface area (TPSA) is 113 Å². The maximum absolute atomic E-state index is 13.5. The molecule has 1 aromatic heterocycles. The molecule has 3 aliphatic heterocycles. The van der Waals surface area contributed by atoms with Crippen LogP contribution in [0.5, 0.6) is 5.75 Å². The first-order valence-electron chi connectivity index (χ1n) is 18.1. The summed E-state index contributed by atoms with van der Waals surface area (Å²) < 4.78 is 46.5. The van der Waals surface area contributed by atoms with Crippen LogP contribution in [0.25, 0.3) is 11.1 Å². The fourth-order valence-corrected chi connectivity index (χ4v) is 8.01. The number of benzene rings is 2. The van der Waals surface area contributed by atoms with E-state index in [1.165, 1.54) is 10.6 Å². The number of rotatable bonds is 10. The van der Waals surface area contributed by atoms with Gasteiger partial charge in [-0.2, -0.15) is 0 Å². The van der Waals surface area contributed by atoms with Gasteiger partial charge in [-0.1, -0.05) is 23.7 Å². The SMILES string of the molecule is Cc1c(-c2ccc(CC3CCN(CC(=O)C4CCN(c5ccc(NC6CCC(=O)NC6=O)cc5Cl)CC4)CC3)c(OC(F)(F)F)c2)cn(C)c(=O)c1C. The highest BCUT2D eigenvalue weighted by atomic mass is 35.5. The molecule has 2 N–H and O–H groups in total. The predicted molar refractivity (Wildman–Crippen MR) is 197 cm³/mol. The van der Waals surface area contributed by atoms with Gasteiger partial charge in [-0.3, -0.25) is 29.4 Å². The molecule has 14 heteroatoms. The Labute approximate surface area is 311 Å². The van der Waals surface area contributed by atoms with Crippen LogP contribution in [0.1, 0.15) is 55.2 Å². The molecular weight excluding hydrogens is 711 g/mol. The van der Waals surface area contributed by atoms with Gasteiger partial charge in [0, 0.05) is 55.5 Å². The van der Waals surface area contributed by atoms with Crippen molar-refractivity contribution in [3.8, 4) is 16.9 Å². The van der Waals surface area contributed by atoms with Crippen LogP contribution >= 0.6 is 11.6 Å². The summed E-state index contributed by atoms with van der Waals surface area (Å²) in [5, 5.41) is 6.03. The number of Topliss-reactive ketones (excluding diaryl/α,β-unsaturated/α-hetero) is 1. The molecule has 3 fully saturated rings. The summed E-state index contributed by atoms with van der Waals surface area (Å²) in [5.74, 6) is -0.560. The number of halogens is 4. The minimum Gasteiger partial charge on any atom is -0.405 e. The normalized spacial score (nSPS) is 19.3. The molecule has 4 heterocycles. The molecule has 0 radical (unpaired) electrons. The highest BCUT2D eigenvalue weighted by molar-refractivity contribution is 6.33. The van der Waals surface area contributed by atoms with E-state index in [1.807, 2.05) is 12.1 Å². The molecule has 0 saturated carbocycles. The van der Waals surface area contributed by atoms with E-state index in [2.05, 4.69) is 25.2 Å². The average molecular weight is 756 g/mol. The van der Waals surface area contributed by atoms with Crippen LogP contribution in [-0.2, 0) is 27.9 Å². The van der Waals surface area contributed by atoms with Gasteiger partial charge >= 0.3 is 6.36 Å². The highest BCUT2D eigenvalue weighted by Gasteiger charge is 2.34. The number of alkyl halides is 3. The summed E-state index contributed by atoms with van der Waals surface area (Å²) in [7, 11) is 1.62. The van der Waals surface area contributed by atoms with Gasteiger partial charge < -0.3 is 19.5 Å². The van der Waals surface area contributed by atoms with E-state index >= 15 is 0 Å². The van der Waals surface area contributed by atoms with Crippen LogP contribution in [0.3, 0.4) is 0 Å². The van der Waals surface area contributed by atoms with E-state index in [0.29, 0.717) is 96.9 Å². The van der Waals surface area contributed by atoms with Crippen molar-refractivity contribution in [1.82, 2.24) is 14.8 Å². The number of likely N-dealkylation sites (tertiary alicyclic amines) is 1. The fourth-order valence-electron chi connectivity index (χ4n) is 7.71. The quantitative estimate of drug-likeness (QED) is 0.236. The minimum atomic E-state index is -4.85. The van der Waals surface area contributed by atoms with Gasteiger partial charge in [0.2, 0.25) is 11.8 Å². The molecule has 0 aliphatic carbocycles. The minimum absolute atomic E-state index is 0.0590. The van der Waals surface area contributed by atoms with Crippen LogP contribution in [-0.4, -0.2) is 72.2 Å². The lowest BCUT2D eigenvalue weighted by Crippen LogP contribution is -2.47. The molecule has 1 unspecified atom stereocenters. The first-order valence-corrected chi connectivity index (χ1v) is 18.5. The summed E-state index contributed by atoms with van der Waals surface area (Å²) in [5.41, 5.74) is 4.35. The smallest absolute Gasteiger partial charge is 0.405 e. The van der Waals surface area contributed by atoms with E-state index in [1.54, 1.807) is 45.3 Å². The monoisotopic (exact) mass is 755 g/mol. The van der Waals surface area contributed by atoms with E-state index in [4.69, 9.17) is 11.6 Å². The first-order chi connectivity index (χ1) is 25.1. The third kappa shape index (κ3) is 9.24. The number of ketones is 1. The Bertz CT molecular complexity index is 1930. The molecule has 3 saturated heterocycles. The van der Waals surface area contributed by atoms with Gasteiger partial charge in [-0.25, -0.2) is 0 Å². The van der Waals surface area contributed by atoms with Crippen LogP contribution < -0.4 is 25.8 Å². The molecule has 3 aromatic rings. The molecule has 10 nitrogen and oxygen atoms in total. The molecule has 284 valence electrons. The van der Waals surface area contributed by atoms with Gasteiger partial charge in [0.25, 0.3) is 5.56 Å². The van der Waals surface area contributed by atoms with Crippen LogP contribution in [0, 0.1) is 25.7 Å². The fraction of sp³-hybridized carbons (Fsp3) is 0.487. The second kappa shape index (κ2) is 15.9. The number of amides is 2. The number of nitrogens with zero attached hydrogens (tertiary/aromatic N) is 3. The molecule has 0 spiro atoms. The van der Waals surface area contributed by atoms with Gasteiger partial charge in [0.1, 0.15) is 17.6 Å². The molecular formula is C39H45ClF3N5O5. The Morgan fingerprint density at radius 1 is 0.962 bits per heavy atom. The Balaban J connectivity index is 0.996. The van der Waals surface area contributed by atoms with Crippen molar-refractivity contribution in [3.05, 3.63) is 74.7 Å². The molecule has 2 aromatic carbocycles. The van der Waals surface area contributed by atoms with Crippen LogP contribution in [0.15, 0.2) is 47.4 Å². The van der Waals surface area contributed by atoms with Gasteiger partial charge in [-0.15, -0.1) is 13.2 Å². The number of hydrogen-bond donors (Lipinski definition) is 2. The van der Waals surface area contributed by atoms with E-state index in [9.17, 15) is 32.3 Å². The van der Waals surface area contributed by atoms with Crippen molar-refractivity contribution in [3.63, 3.8) is 0 Å². The third-order valence-electron chi connectivity index (χ3n) is 10.9.